The maximum absolute atomic E-state index is 13.2. The summed E-state index contributed by atoms with van der Waals surface area (Å²) >= 11 is 7.37. The molecule has 1 aromatic carbocycles. The quantitative estimate of drug-likeness (QED) is 0.505. The first kappa shape index (κ1) is 19.0. The van der Waals surface area contributed by atoms with E-state index in [1.165, 1.54) is 41.0 Å². The predicted octanol–water partition coefficient (Wildman–Crippen LogP) is 4.37. The summed E-state index contributed by atoms with van der Waals surface area (Å²) in [5.74, 6) is -1.20. The molecule has 0 bridgehead atoms. The number of aromatic carboxylic acids is 1. The van der Waals surface area contributed by atoms with Crippen molar-refractivity contribution in [3.63, 3.8) is 0 Å². The molecule has 0 radical (unpaired) electrons. The van der Waals surface area contributed by atoms with Crippen LogP contribution in [0.15, 0.2) is 71.0 Å². The van der Waals surface area contributed by atoms with Gasteiger partial charge in [0.2, 0.25) is 0 Å². The van der Waals surface area contributed by atoms with Gasteiger partial charge in [-0.2, -0.15) is 5.10 Å². The van der Waals surface area contributed by atoms with Gasteiger partial charge in [0.05, 0.1) is 23.5 Å². The number of hydrogen-bond donors (Lipinski definition) is 1. The lowest BCUT2D eigenvalue weighted by Gasteiger charge is -2.02. The first-order valence-corrected chi connectivity index (χ1v) is 9.40. The molecule has 0 saturated heterocycles. The van der Waals surface area contributed by atoms with Gasteiger partial charge in [-0.3, -0.25) is 4.98 Å². The average Bonchev–Trinajstić information content (AvgIpc) is 3.14. The molecule has 0 saturated carbocycles. The van der Waals surface area contributed by atoms with E-state index in [1.807, 2.05) is 12.1 Å². The molecule has 3 aromatic heterocycles. The Bertz CT molecular complexity index is 1160. The Hall–Kier alpha value is -3.30. The Morgan fingerprint density at radius 3 is 2.45 bits per heavy atom. The third kappa shape index (κ3) is 4.25. The van der Waals surface area contributed by atoms with Crippen molar-refractivity contribution in [3.05, 3.63) is 77.7 Å². The number of benzene rings is 1. The highest BCUT2D eigenvalue weighted by Gasteiger charge is 2.17. The number of rotatable bonds is 5. The van der Waals surface area contributed by atoms with Crippen LogP contribution in [0.5, 0.6) is 0 Å². The van der Waals surface area contributed by atoms with Gasteiger partial charge in [-0.05, 0) is 36.4 Å². The summed E-state index contributed by atoms with van der Waals surface area (Å²) in [6.07, 6.45) is 5.36. The predicted molar refractivity (Wildman–Crippen MR) is 105 cm³/mol. The van der Waals surface area contributed by atoms with Gasteiger partial charge in [0, 0.05) is 16.1 Å². The second-order valence-electron chi connectivity index (χ2n) is 5.77. The van der Waals surface area contributed by atoms with Gasteiger partial charge in [-0.1, -0.05) is 23.4 Å². The van der Waals surface area contributed by atoms with E-state index in [-0.39, 0.29) is 5.69 Å². The van der Waals surface area contributed by atoms with E-state index >= 15 is 0 Å². The van der Waals surface area contributed by atoms with Crippen molar-refractivity contribution < 1.29 is 14.3 Å². The third-order valence-corrected chi connectivity index (χ3v) is 5.06. The molecule has 0 fully saturated rings. The summed E-state index contributed by atoms with van der Waals surface area (Å²) < 4.78 is 14.7. The molecule has 0 unspecified atom stereocenters. The number of carboxylic acid groups (broad SMARTS) is 1. The van der Waals surface area contributed by atoms with Gasteiger partial charge in [0.15, 0.2) is 11.5 Å². The van der Waals surface area contributed by atoms with E-state index in [0.717, 1.165) is 16.0 Å². The van der Waals surface area contributed by atoms with Crippen molar-refractivity contribution in [3.8, 4) is 17.2 Å². The minimum Gasteiger partial charge on any atom is -0.476 e. The fraction of sp³-hybridized carbons (Fsp3) is 0. The zero-order valence-corrected chi connectivity index (χ0v) is 16.1. The number of hydrogen-bond acceptors (Lipinski definition) is 6. The van der Waals surface area contributed by atoms with Crippen molar-refractivity contribution in [2.45, 2.75) is 9.79 Å². The highest BCUT2D eigenvalue weighted by Crippen LogP contribution is 2.35. The molecule has 0 aliphatic carbocycles. The van der Waals surface area contributed by atoms with Crippen molar-refractivity contribution in [1.29, 1.82) is 0 Å². The Balaban J connectivity index is 1.77. The topological polar surface area (TPSA) is 93.8 Å². The average molecular weight is 428 g/mol. The van der Waals surface area contributed by atoms with Crippen molar-refractivity contribution in [1.82, 2.24) is 24.7 Å². The monoisotopic (exact) mass is 427 g/mol. The van der Waals surface area contributed by atoms with Gasteiger partial charge in [0.25, 0.3) is 0 Å². The van der Waals surface area contributed by atoms with Gasteiger partial charge < -0.3 is 5.11 Å². The molecule has 1 N–H and O–H groups in total. The van der Waals surface area contributed by atoms with E-state index in [9.17, 15) is 9.18 Å². The van der Waals surface area contributed by atoms with Crippen LogP contribution < -0.4 is 0 Å². The maximum Gasteiger partial charge on any atom is 0.356 e. The summed E-state index contributed by atoms with van der Waals surface area (Å²) in [4.78, 5) is 24.8. The number of halogens is 2. The van der Waals surface area contributed by atoms with Gasteiger partial charge in [0.1, 0.15) is 17.2 Å². The molecule has 4 rings (SSSR count). The summed E-state index contributed by atoms with van der Waals surface area (Å²) in [6.45, 7) is 0. The second-order valence-corrected chi connectivity index (χ2v) is 7.32. The molecule has 0 amide bonds. The molecule has 3 heterocycles. The Labute approximate surface area is 173 Å². The van der Waals surface area contributed by atoms with Crippen molar-refractivity contribution >= 4 is 29.3 Å². The lowest BCUT2D eigenvalue weighted by molar-refractivity contribution is 0.0690. The lowest BCUT2D eigenvalue weighted by atomic mass is 10.3. The van der Waals surface area contributed by atoms with Crippen molar-refractivity contribution in [2.75, 3.05) is 0 Å². The number of aromatic nitrogens is 5. The highest BCUT2D eigenvalue weighted by atomic mass is 35.5. The Kier molecular flexibility index (Phi) is 5.24. The minimum atomic E-state index is -1.17. The molecule has 29 heavy (non-hydrogen) atoms. The van der Waals surface area contributed by atoms with Crippen LogP contribution in [0.25, 0.3) is 17.2 Å². The van der Waals surface area contributed by atoms with Crippen LogP contribution in [0, 0.1) is 5.82 Å². The van der Waals surface area contributed by atoms with Gasteiger partial charge in [-0.15, -0.1) is 0 Å². The summed E-state index contributed by atoms with van der Waals surface area (Å²) in [5, 5.41) is 14.1. The summed E-state index contributed by atoms with van der Waals surface area (Å²) in [5.41, 5.74) is 0.716. The largest absolute Gasteiger partial charge is 0.476 e. The van der Waals surface area contributed by atoms with Crippen LogP contribution in [0.1, 0.15) is 10.5 Å². The van der Waals surface area contributed by atoms with Crippen LogP contribution in [0.4, 0.5) is 4.39 Å². The first-order valence-electron chi connectivity index (χ1n) is 8.20. The fourth-order valence-corrected chi connectivity index (χ4v) is 3.47. The molecule has 0 aliphatic heterocycles. The van der Waals surface area contributed by atoms with E-state index in [4.69, 9.17) is 16.7 Å². The molecule has 4 aromatic rings. The highest BCUT2D eigenvalue weighted by molar-refractivity contribution is 7.99. The van der Waals surface area contributed by atoms with E-state index < -0.39 is 11.8 Å². The maximum atomic E-state index is 13.2. The van der Waals surface area contributed by atoms with Gasteiger partial charge in [-0.25, -0.2) is 23.8 Å². The molecule has 0 aliphatic rings. The van der Waals surface area contributed by atoms with Crippen LogP contribution in [0.3, 0.4) is 0 Å². The van der Waals surface area contributed by atoms with Crippen LogP contribution in [-0.2, 0) is 0 Å². The number of carboxylic acids is 1. The Morgan fingerprint density at radius 1 is 1.03 bits per heavy atom. The van der Waals surface area contributed by atoms with Crippen molar-refractivity contribution in [2.24, 2.45) is 0 Å². The fourth-order valence-electron chi connectivity index (χ4n) is 2.42. The number of carbonyl (C=O) groups is 1. The molecule has 0 atom stereocenters. The molecular formula is C19H11ClFN5O2S. The van der Waals surface area contributed by atoms with Crippen LogP contribution in [0.2, 0.25) is 5.02 Å². The SMILES string of the molecule is O=C(O)c1cnc(-c2nn(-c3ccc(F)cn3)cc2Sc2ccc(Cl)cc2)cn1. The van der Waals surface area contributed by atoms with Gasteiger partial charge >= 0.3 is 5.97 Å². The molecular weight excluding hydrogens is 417 g/mol. The van der Waals surface area contributed by atoms with E-state index in [2.05, 4.69) is 20.1 Å². The third-order valence-electron chi connectivity index (χ3n) is 3.78. The Morgan fingerprint density at radius 2 is 1.83 bits per heavy atom. The van der Waals surface area contributed by atoms with E-state index in [1.54, 1.807) is 18.3 Å². The molecule has 144 valence electrons. The lowest BCUT2D eigenvalue weighted by Crippen LogP contribution is -2.02. The minimum absolute atomic E-state index is 0.166. The number of nitrogens with zero attached hydrogens (tertiary/aromatic N) is 5. The second kappa shape index (κ2) is 7.98. The normalized spacial score (nSPS) is 10.8. The van der Waals surface area contributed by atoms with Crippen LogP contribution >= 0.6 is 23.4 Å². The summed E-state index contributed by atoms with van der Waals surface area (Å²) in [7, 11) is 0. The first-order chi connectivity index (χ1) is 14.0. The molecule has 10 heteroatoms. The smallest absolute Gasteiger partial charge is 0.356 e. The standard InChI is InChI=1S/C19H11ClFN5O2S/c20-11-1-4-13(5-2-11)29-16-10-26(17-6-3-12(21)7-24-17)25-18(16)14-8-23-15(9-22-14)19(27)28/h1-10H,(H,27,28). The molecule has 7 nitrogen and oxygen atoms in total. The van der Waals surface area contributed by atoms with E-state index in [0.29, 0.717) is 22.2 Å². The summed E-state index contributed by atoms with van der Waals surface area (Å²) in [6, 6.07) is 10.1. The number of pyridine rings is 1. The zero-order chi connectivity index (χ0) is 20.4. The van der Waals surface area contributed by atoms with Crippen LogP contribution in [-0.4, -0.2) is 35.8 Å². The molecule has 0 spiro atoms. The zero-order valence-electron chi connectivity index (χ0n) is 14.5.